The molecule has 0 saturated carbocycles. The van der Waals surface area contributed by atoms with Crippen molar-refractivity contribution < 1.29 is 8.42 Å². The summed E-state index contributed by atoms with van der Waals surface area (Å²) in [7, 11) is -4.05. The number of nitrogens with zero attached hydrogens (tertiary/aromatic N) is 3. The molecule has 1 aromatic carbocycles. The lowest BCUT2D eigenvalue weighted by Crippen LogP contribution is -2.18. The summed E-state index contributed by atoms with van der Waals surface area (Å²) in [5, 5.41) is 18.2. The smallest absolute Gasteiger partial charge is 0.223 e. The number of benzene rings is 1. The van der Waals surface area contributed by atoms with Gasteiger partial charge < -0.3 is 0 Å². The zero-order chi connectivity index (χ0) is 15.1. The van der Waals surface area contributed by atoms with Gasteiger partial charge in [-0.3, -0.25) is 0 Å². The molecule has 2 N–H and O–H groups in total. The minimum Gasteiger partial charge on any atom is -0.223 e. The second-order valence-corrected chi connectivity index (χ2v) is 6.16. The van der Waals surface area contributed by atoms with E-state index in [1.807, 2.05) is 26.0 Å². The first-order valence-corrected chi connectivity index (χ1v) is 7.40. The number of aromatic nitrogens is 2. The number of hydrogen-bond donors (Lipinski definition) is 1. The molecule has 6 nitrogen and oxygen atoms in total. The lowest BCUT2D eigenvalue weighted by molar-refractivity contribution is 0.587. The Hall–Kier alpha value is -2.17. The summed E-state index contributed by atoms with van der Waals surface area (Å²) >= 11 is 0. The molecule has 0 unspecified atom stereocenters. The molecule has 0 atom stereocenters. The number of rotatable bonds is 2. The van der Waals surface area contributed by atoms with E-state index in [9.17, 15) is 8.42 Å². The largest absolute Gasteiger partial charge is 0.257 e. The molecule has 0 aliphatic rings. The second kappa shape index (κ2) is 4.74. The van der Waals surface area contributed by atoms with Crippen molar-refractivity contribution in [2.75, 3.05) is 0 Å². The van der Waals surface area contributed by atoms with Crippen LogP contribution >= 0.6 is 0 Å². The van der Waals surface area contributed by atoms with E-state index in [1.165, 1.54) is 4.68 Å². The molecule has 0 aliphatic carbocycles. The summed E-state index contributed by atoms with van der Waals surface area (Å²) in [6.07, 6.45) is 0. The maximum atomic E-state index is 11.8. The maximum absolute atomic E-state index is 11.8. The highest BCUT2D eigenvalue weighted by Crippen LogP contribution is 2.23. The monoisotopic (exact) mass is 290 g/mol. The van der Waals surface area contributed by atoms with Crippen LogP contribution in [0.2, 0.25) is 0 Å². The minimum absolute atomic E-state index is 0.0216. The standard InChI is InChI=1S/C13H14N4O2S/c1-8-4-9(2)6-11(5-8)17-13(20(15,18)19)12(7-14)10(3)16-17/h4-6H,1-3H3,(H2,15,18,19). The van der Waals surface area contributed by atoms with Crippen molar-refractivity contribution in [1.29, 1.82) is 5.26 Å². The number of nitriles is 1. The third-order valence-electron chi connectivity index (χ3n) is 2.85. The number of nitrogens with two attached hydrogens (primary N) is 1. The van der Waals surface area contributed by atoms with E-state index < -0.39 is 10.0 Å². The zero-order valence-corrected chi connectivity index (χ0v) is 12.2. The fourth-order valence-electron chi connectivity index (χ4n) is 2.15. The van der Waals surface area contributed by atoms with Gasteiger partial charge in [-0.2, -0.15) is 10.4 Å². The van der Waals surface area contributed by atoms with Crippen molar-refractivity contribution >= 4 is 10.0 Å². The third kappa shape index (κ3) is 2.43. The Morgan fingerprint density at radius 1 is 1.20 bits per heavy atom. The number of aryl methyl sites for hydroxylation is 3. The van der Waals surface area contributed by atoms with Crippen LogP contribution in [0.15, 0.2) is 23.2 Å². The molecule has 0 aliphatic heterocycles. The first kappa shape index (κ1) is 14.2. The van der Waals surface area contributed by atoms with Gasteiger partial charge >= 0.3 is 0 Å². The molecule has 2 rings (SSSR count). The van der Waals surface area contributed by atoms with Crippen LogP contribution in [0.5, 0.6) is 0 Å². The molecular formula is C13H14N4O2S. The van der Waals surface area contributed by atoms with E-state index in [0.29, 0.717) is 11.4 Å². The van der Waals surface area contributed by atoms with Gasteiger partial charge in [-0.1, -0.05) is 6.07 Å². The van der Waals surface area contributed by atoms with Crippen LogP contribution in [-0.2, 0) is 10.0 Å². The topological polar surface area (TPSA) is 102 Å². The third-order valence-corrected chi connectivity index (χ3v) is 3.77. The zero-order valence-electron chi connectivity index (χ0n) is 11.4. The van der Waals surface area contributed by atoms with E-state index in [1.54, 1.807) is 19.1 Å². The molecule has 0 fully saturated rings. The Kier molecular flexibility index (Phi) is 3.38. The molecule has 0 radical (unpaired) electrons. The van der Waals surface area contributed by atoms with Crippen LogP contribution < -0.4 is 5.14 Å². The van der Waals surface area contributed by atoms with Gasteiger partial charge in [0.1, 0.15) is 11.6 Å². The Morgan fingerprint density at radius 2 is 1.75 bits per heavy atom. The Labute approximate surface area is 117 Å². The normalized spacial score (nSPS) is 11.3. The summed E-state index contributed by atoms with van der Waals surface area (Å²) in [5.41, 5.74) is 2.80. The van der Waals surface area contributed by atoms with Gasteiger partial charge in [-0.05, 0) is 44.0 Å². The quantitative estimate of drug-likeness (QED) is 0.900. The van der Waals surface area contributed by atoms with Crippen molar-refractivity contribution in [2.24, 2.45) is 5.14 Å². The molecule has 0 amide bonds. The molecule has 104 valence electrons. The summed E-state index contributed by atoms with van der Waals surface area (Å²) in [6, 6.07) is 7.38. The molecular weight excluding hydrogens is 276 g/mol. The number of primary sulfonamides is 1. The molecule has 0 spiro atoms. The summed E-state index contributed by atoms with van der Waals surface area (Å²) in [6.45, 7) is 5.37. The van der Waals surface area contributed by atoms with Crippen LogP contribution in [-0.4, -0.2) is 18.2 Å². The van der Waals surface area contributed by atoms with Crippen LogP contribution in [0, 0.1) is 32.1 Å². The highest BCUT2D eigenvalue weighted by molar-refractivity contribution is 7.89. The highest BCUT2D eigenvalue weighted by Gasteiger charge is 2.25. The van der Waals surface area contributed by atoms with Gasteiger partial charge in [0.2, 0.25) is 0 Å². The Balaban J connectivity index is 2.85. The van der Waals surface area contributed by atoms with Gasteiger partial charge in [0.25, 0.3) is 10.0 Å². The average molecular weight is 290 g/mol. The van der Waals surface area contributed by atoms with Gasteiger partial charge in [-0.25, -0.2) is 18.2 Å². The summed E-state index contributed by atoms with van der Waals surface area (Å²) < 4.78 is 24.7. The molecule has 1 aromatic heterocycles. The van der Waals surface area contributed by atoms with Gasteiger partial charge in [0.15, 0.2) is 5.03 Å². The lowest BCUT2D eigenvalue weighted by atomic mass is 10.1. The van der Waals surface area contributed by atoms with Crippen LogP contribution in [0.1, 0.15) is 22.4 Å². The van der Waals surface area contributed by atoms with E-state index in [2.05, 4.69) is 5.10 Å². The highest BCUT2D eigenvalue weighted by atomic mass is 32.2. The van der Waals surface area contributed by atoms with E-state index >= 15 is 0 Å². The molecule has 20 heavy (non-hydrogen) atoms. The van der Waals surface area contributed by atoms with Crippen molar-refractivity contribution in [3.05, 3.63) is 40.6 Å². The van der Waals surface area contributed by atoms with E-state index in [4.69, 9.17) is 10.4 Å². The van der Waals surface area contributed by atoms with Gasteiger partial charge in [-0.15, -0.1) is 0 Å². The van der Waals surface area contributed by atoms with Crippen molar-refractivity contribution in [1.82, 2.24) is 9.78 Å². The first-order chi connectivity index (χ1) is 9.24. The molecule has 0 bridgehead atoms. The van der Waals surface area contributed by atoms with Crippen molar-refractivity contribution in [3.8, 4) is 11.8 Å². The fraction of sp³-hybridized carbons (Fsp3) is 0.231. The van der Waals surface area contributed by atoms with Gasteiger partial charge in [0, 0.05) is 0 Å². The van der Waals surface area contributed by atoms with Gasteiger partial charge in [0.05, 0.1) is 11.4 Å². The lowest BCUT2D eigenvalue weighted by Gasteiger charge is -2.08. The fourth-order valence-corrected chi connectivity index (χ4v) is 3.01. The van der Waals surface area contributed by atoms with E-state index in [-0.39, 0.29) is 10.6 Å². The van der Waals surface area contributed by atoms with Crippen LogP contribution in [0.3, 0.4) is 0 Å². The number of sulfonamides is 1. The first-order valence-electron chi connectivity index (χ1n) is 5.85. The average Bonchev–Trinajstić information content (AvgIpc) is 2.64. The molecule has 2 aromatic rings. The van der Waals surface area contributed by atoms with Crippen LogP contribution in [0.25, 0.3) is 5.69 Å². The second-order valence-electron chi connectivity index (χ2n) is 4.68. The number of hydrogen-bond acceptors (Lipinski definition) is 4. The summed E-state index contributed by atoms with van der Waals surface area (Å²) in [4.78, 5) is 0. The molecule has 1 heterocycles. The SMILES string of the molecule is Cc1cc(C)cc(-n2nc(C)c(C#N)c2S(N)(=O)=O)c1. The van der Waals surface area contributed by atoms with Crippen molar-refractivity contribution in [3.63, 3.8) is 0 Å². The van der Waals surface area contributed by atoms with Crippen LogP contribution in [0.4, 0.5) is 0 Å². The predicted octanol–water partition coefficient (Wildman–Crippen LogP) is 1.32. The summed E-state index contributed by atoms with van der Waals surface area (Å²) in [5.74, 6) is 0. The predicted molar refractivity (Wildman–Crippen MR) is 73.9 cm³/mol. The minimum atomic E-state index is -4.05. The Bertz CT molecular complexity index is 809. The Morgan fingerprint density at radius 3 is 2.20 bits per heavy atom. The maximum Gasteiger partial charge on any atom is 0.257 e. The molecule has 0 saturated heterocycles. The molecule has 7 heteroatoms. The van der Waals surface area contributed by atoms with E-state index in [0.717, 1.165) is 11.1 Å². The van der Waals surface area contributed by atoms with Crippen molar-refractivity contribution in [2.45, 2.75) is 25.8 Å².